The van der Waals surface area contributed by atoms with Gasteiger partial charge < -0.3 is 4.98 Å². The third-order valence-electron chi connectivity index (χ3n) is 4.51. The van der Waals surface area contributed by atoms with Crippen LogP contribution in [0.15, 0.2) is 83.0 Å². The lowest BCUT2D eigenvalue weighted by atomic mass is 10.2. The minimum Gasteiger partial charge on any atom is -0.346 e. The molecule has 0 radical (unpaired) electrons. The van der Waals surface area contributed by atoms with Crippen LogP contribution >= 0.6 is 11.8 Å². The summed E-state index contributed by atoms with van der Waals surface area (Å²) in [5.41, 5.74) is 2.23. The van der Waals surface area contributed by atoms with Crippen LogP contribution in [0.5, 0.6) is 0 Å². The zero-order valence-electron chi connectivity index (χ0n) is 14.7. The third kappa shape index (κ3) is 2.86. The van der Waals surface area contributed by atoms with Gasteiger partial charge >= 0.3 is 0 Å². The molecule has 0 aliphatic rings. The fourth-order valence-corrected chi connectivity index (χ4v) is 4.12. The van der Waals surface area contributed by atoms with Gasteiger partial charge in [0.05, 0.1) is 27.7 Å². The predicted molar refractivity (Wildman–Crippen MR) is 111 cm³/mol. The van der Waals surface area contributed by atoms with E-state index in [-0.39, 0.29) is 5.56 Å². The van der Waals surface area contributed by atoms with Crippen LogP contribution in [0.4, 0.5) is 0 Å². The number of rotatable bonds is 4. The molecule has 0 atom stereocenters. The van der Waals surface area contributed by atoms with Gasteiger partial charge in [-0.15, -0.1) is 0 Å². The van der Waals surface area contributed by atoms with Crippen LogP contribution in [0.3, 0.4) is 0 Å². The maximum absolute atomic E-state index is 13.2. The Bertz CT molecular complexity index is 1340. The number of thioether (sulfide) groups is 1. The van der Waals surface area contributed by atoms with E-state index in [0.29, 0.717) is 22.5 Å². The molecule has 5 rings (SSSR count). The lowest BCUT2D eigenvalue weighted by Gasteiger charge is -2.13. The van der Waals surface area contributed by atoms with Gasteiger partial charge in [0, 0.05) is 6.20 Å². The summed E-state index contributed by atoms with van der Waals surface area (Å²) >= 11 is 1.54. The molecular formula is C21H15N5OS. The molecule has 28 heavy (non-hydrogen) atoms. The molecule has 0 fully saturated rings. The second-order valence-electron chi connectivity index (χ2n) is 6.23. The fourth-order valence-electron chi connectivity index (χ4n) is 3.22. The topological polar surface area (TPSA) is 76.5 Å². The van der Waals surface area contributed by atoms with Crippen LogP contribution in [0.1, 0.15) is 5.82 Å². The van der Waals surface area contributed by atoms with E-state index in [9.17, 15) is 4.79 Å². The quantitative estimate of drug-likeness (QED) is 0.374. The number of aromatic nitrogens is 5. The number of hydrogen-bond acceptors (Lipinski definition) is 5. The monoisotopic (exact) mass is 385 g/mol. The highest BCUT2D eigenvalue weighted by atomic mass is 32.2. The van der Waals surface area contributed by atoms with Crippen molar-refractivity contribution in [2.24, 2.45) is 0 Å². The van der Waals surface area contributed by atoms with Crippen molar-refractivity contribution in [1.82, 2.24) is 24.5 Å². The highest BCUT2D eigenvalue weighted by Gasteiger charge is 2.14. The van der Waals surface area contributed by atoms with Crippen molar-refractivity contribution >= 4 is 33.7 Å². The third-order valence-corrected chi connectivity index (χ3v) is 5.52. The zero-order chi connectivity index (χ0) is 18.9. The summed E-state index contributed by atoms with van der Waals surface area (Å²) in [6, 6.07) is 19.0. The second-order valence-corrected chi connectivity index (χ2v) is 7.19. The average Bonchev–Trinajstić information content (AvgIpc) is 3.22. The summed E-state index contributed by atoms with van der Waals surface area (Å²) in [7, 11) is 0. The number of H-pyrrole nitrogens is 1. The van der Waals surface area contributed by atoms with Gasteiger partial charge in [0.1, 0.15) is 22.8 Å². The molecule has 0 bridgehead atoms. The van der Waals surface area contributed by atoms with Crippen LogP contribution in [-0.4, -0.2) is 24.5 Å². The van der Waals surface area contributed by atoms with Crippen molar-refractivity contribution in [3.05, 3.63) is 89.4 Å². The van der Waals surface area contributed by atoms with Crippen LogP contribution in [0, 0.1) is 0 Å². The number of aromatic amines is 1. The Morgan fingerprint density at radius 1 is 0.929 bits per heavy atom. The normalized spacial score (nSPS) is 11.3. The molecule has 1 N–H and O–H groups in total. The molecule has 5 aromatic rings. The van der Waals surface area contributed by atoms with Crippen molar-refractivity contribution in [3.8, 4) is 5.69 Å². The fraction of sp³-hybridized carbons (Fsp3) is 0.0476. The maximum Gasteiger partial charge on any atom is 0.265 e. The van der Waals surface area contributed by atoms with Gasteiger partial charge in [-0.1, -0.05) is 42.1 Å². The van der Waals surface area contributed by atoms with Gasteiger partial charge in [-0.2, -0.15) is 0 Å². The van der Waals surface area contributed by atoms with E-state index in [4.69, 9.17) is 4.98 Å². The first-order chi connectivity index (χ1) is 13.8. The van der Waals surface area contributed by atoms with Crippen LogP contribution in [0.25, 0.3) is 27.6 Å². The first-order valence-electron chi connectivity index (χ1n) is 8.78. The van der Waals surface area contributed by atoms with Gasteiger partial charge in [0.25, 0.3) is 5.56 Å². The molecule has 0 saturated carbocycles. The molecule has 136 valence electrons. The molecular weight excluding hydrogens is 370 g/mol. The van der Waals surface area contributed by atoms with E-state index in [0.717, 1.165) is 21.7 Å². The van der Waals surface area contributed by atoms with Gasteiger partial charge in [0.2, 0.25) is 0 Å². The molecule has 0 unspecified atom stereocenters. The van der Waals surface area contributed by atoms with Gasteiger partial charge in [-0.05, 0) is 30.3 Å². The number of nitrogens with zero attached hydrogens (tertiary/aromatic N) is 4. The largest absolute Gasteiger partial charge is 0.346 e. The number of benzene rings is 2. The maximum atomic E-state index is 13.2. The average molecular weight is 385 g/mol. The number of hydrogen-bond donors (Lipinski definition) is 1. The minimum absolute atomic E-state index is 0.0677. The Hall–Kier alpha value is -3.45. The molecule has 0 aliphatic heterocycles. The van der Waals surface area contributed by atoms with Gasteiger partial charge in [-0.25, -0.2) is 15.0 Å². The second kappa shape index (κ2) is 6.94. The van der Waals surface area contributed by atoms with Crippen molar-refractivity contribution in [2.45, 2.75) is 10.8 Å². The summed E-state index contributed by atoms with van der Waals surface area (Å²) < 4.78 is 1.69. The van der Waals surface area contributed by atoms with Crippen molar-refractivity contribution in [2.75, 3.05) is 0 Å². The minimum atomic E-state index is -0.0677. The van der Waals surface area contributed by atoms with Crippen molar-refractivity contribution < 1.29 is 0 Å². The Morgan fingerprint density at radius 3 is 2.64 bits per heavy atom. The molecule has 0 spiro atoms. The van der Waals surface area contributed by atoms with Crippen molar-refractivity contribution in [3.63, 3.8) is 0 Å². The van der Waals surface area contributed by atoms with Gasteiger partial charge in [-0.3, -0.25) is 9.36 Å². The highest BCUT2D eigenvalue weighted by molar-refractivity contribution is 7.98. The standard InChI is InChI=1S/C21H15N5OS/c27-21-15-8-4-5-9-17(15)25-18(26(21)14-6-2-1-3-7-14)12-28-20-16-10-11-22-19(16)23-13-24-20/h1-11,13H,12H2,(H,22,23,24). The Balaban J connectivity index is 1.64. The Labute approximate surface area is 164 Å². The van der Waals surface area contributed by atoms with Gasteiger partial charge in [0.15, 0.2) is 0 Å². The molecule has 2 aromatic carbocycles. The van der Waals surface area contributed by atoms with E-state index >= 15 is 0 Å². The summed E-state index contributed by atoms with van der Waals surface area (Å²) in [6.45, 7) is 0. The van der Waals surface area contributed by atoms with Crippen LogP contribution in [-0.2, 0) is 5.75 Å². The number of nitrogens with one attached hydrogen (secondary N) is 1. The van der Waals surface area contributed by atoms with Crippen LogP contribution in [0.2, 0.25) is 0 Å². The SMILES string of the molecule is O=c1c2ccccc2nc(CSc2ncnc3[nH]ccc23)n1-c1ccccc1. The Kier molecular flexibility index (Phi) is 4.14. The zero-order valence-corrected chi connectivity index (χ0v) is 15.6. The van der Waals surface area contributed by atoms with E-state index in [2.05, 4.69) is 15.0 Å². The molecule has 3 heterocycles. The van der Waals surface area contributed by atoms with Crippen LogP contribution < -0.4 is 5.56 Å². The molecule has 0 amide bonds. The number of fused-ring (bicyclic) bond motifs is 2. The predicted octanol–water partition coefficient (Wildman–Crippen LogP) is 3.95. The molecule has 7 heteroatoms. The molecule has 3 aromatic heterocycles. The summed E-state index contributed by atoms with van der Waals surface area (Å²) in [5.74, 6) is 1.19. The van der Waals surface area contributed by atoms with E-state index < -0.39 is 0 Å². The highest BCUT2D eigenvalue weighted by Crippen LogP contribution is 2.27. The lowest BCUT2D eigenvalue weighted by Crippen LogP contribution is -2.23. The molecule has 0 saturated heterocycles. The first-order valence-corrected chi connectivity index (χ1v) is 9.77. The first kappa shape index (κ1) is 16.7. The lowest BCUT2D eigenvalue weighted by molar-refractivity contribution is 0.883. The summed E-state index contributed by atoms with van der Waals surface area (Å²) in [6.07, 6.45) is 3.39. The number of para-hydroxylation sites is 2. The van der Waals surface area contributed by atoms with E-state index in [1.54, 1.807) is 22.7 Å². The smallest absolute Gasteiger partial charge is 0.265 e. The van der Waals surface area contributed by atoms with Crippen molar-refractivity contribution in [1.29, 1.82) is 0 Å². The molecule has 0 aliphatic carbocycles. The Morgan fingerprint density at radius 2 is 1.75 bits per heavy atom. The molecule has 6 nitrogen and oxygen atoms in total. The van der Waals surface area contributed by atoms with E-state index in [1.165, 1.54) is 0 Å². The van der Waals surface area contributed by atoms with E-state index in [1.807, 2.05) is 66.9 Å². The summed E-state index contributed by atoms with van der Waals surface area (Å²) in [5, 5.41) is 2.42. The summed E-state index contributed by atoms with van der Waals surface area (Å²) in [4.78, 5) is 29.7.